The fourth-order valence-electron chi connectivity index (χ4n) is 3.46. The number of amides is 1. The number of rotatable bonds is 8. The Kier molecular flexibility index (Phi) is 7.53. The molecule has 1 heterocycles. The second kappa shape index (κ2) is 10.1. The van der Waals surface area contributed by atoms with Crippen LogP contribution >= 0.6 is 0 Å². The quantitative estimate of drug-likeness (QED) is 0.663. The number of aryl methyl sites for hydroxylation is 1. The van der Waals surface area contributed by atoms with E-state index in [-0.39, 0.29) is 5.91 Å². The minimum Gasteiger partial charge on any atom is -0.497 e. The number of piperazine rings is 1. The molecular formula is C22H29N3O5S. The number of ether oxygens (including phenoxy) is 2. The van der Waals surface area contributed by atoms with Crippen molar-refractivity contribution >= 4 is 15.9 Å². The topological polar surface area (TPSA) is 88.2 Å². The number of carbonyl (C=O) groups is 1. The van der Waals surface area contributed by atoms with Gasteiger partial charge in [-0.2, -0.15) is 4.31 Å². The van der Waals surface area contributed by atoms with Crippen molar-refractivity contribution in [3.63, 3.8) is 0 Å². The van der Waals surface area contributed by atoms with Crippen molar-refractivity contribution in [3.05, 3.63) is 53.6 Å². The van der Waals surface area contributed by atoms with Crippen LogP contribution in [0.25, 0.3) is 0 Å². The van der Waals surface area contributed by atoms with E-state index in [0.717, 1.165) is 5.56 Å². The summed E-state index contributed by atoms with van der Waals surface area (Å²) in [4.78, 5) is 15.0. The molecule has 1 aliphatic rings. The monoisotopic (exact) mass is 447 g/mol. The van der Waals surface area contributed by atoms with E-state index in [9.17, 15) is 13.2 Å². The summed E-state index contributed by atoms with van der Waals surface area (Å²) in [5.74, 6) is 0.846. The van der Waals surface area contributed by atoms with Crippen molar-refractivity contribution in [1.82, 2.24) is 14.5 Å². The van der Waals surface area contributed by atoms with E-state index in [4.69, 9.17) is 9.47 Å². The molecule has 1 saturated heterocycles. The number of carbonyl (C=O) groups excluding carboxylic acids is 1. The van der Waals surface area contributed by atoms with Gasteiger partial charge in [-0.1, -0.05) is 17.7 Å². The van der Waals surface area contributed by atoms with Crippen molar-refractivity contribution < 1.29 is 22.7 Å². The van der Waals surface area contributed by atoms with Crippen LogP contribution in [0.1, 0.15) is 15.9 Å². The number of benzene rings is 2. The Morgan fingerprint density at radius 2 is 1.68 bits per heavy atom. The lowest BCUT2D eigenvalue weighted by molar-refractivity contribution is 0.0942. The summed E-state index contributed by atoms with van der Waals surface area (Å²) in [5.41, 5.74) is 1.47. The number of methoxy groups -OCH3 is 2. The molecule has 1 N–H and O–H groups in total. The first-order chi connectivity index (χ1) is 14.8. The van der Waals surface area contributed by atoms with Crippen molar-refractivity contribution in [2.24, 2.45) is 0 Å². The third-order valence-corrected chi connectivity index (χ3v) is 7.27. The smallest absolute Gasteiger partial charge is 0.255 e. The molecule has 2 aromatic carbocycles. The third kappa shape index (κ3) is 5.55. The summed E-state index contributed by atoms with van der Waals surface area (Å²) in [5, 5.41) is 2.90. The van der Waals surface area contributed by atoms with Crippen LogP contribution in [0.4, 0.5) is 0 Å². The van der Waals surface area contributed by atoms with Gasteiger partial charge in [-0.15, -0.1) is 0 Å². The summed E-state index contributed by atoms with van der Waals surface area (Å²) in [6.07, 6.45) is 0. The largest absolute Gasteiger partial charge is 0.497 e. The minimum atomic E-state index is -3.47. The minimum absolute atomic E-state index is 0.222. The van der Waals surface area contributed by atoms with Crippen molar-refractivity contribution in [2.75, 3.05) is 53.5 Å². The molecule has 2 aromatic rings. The molecule has 0 radical (unpaired) electrons. The summed E-state index contributed by atoms with van der Waals surface area (Å²) in [6.45, 7) is 5.12. The maximum atomic E-state index is 12.8. The highest BCUT2D eigenvalue weighted by Crippen LogP contribution is 2.24. The Hall–Kier alpha value is -2.62. The van der Waals surface area contributed by atoms with E-state index < -0.39 is 10.0 Å². The number of hydrogen-bond acceptors (Lipinski definition) is 6. The second-order valence-electron chi connectivity index (χ2n) is 7.38. The van der Waals surface area contributed by atoms with Crippen molar-refractivity contribution in [2.45, 2.75) is 11.8 Å². The molecule has 0 unspecified atom stereocenters. The first kappa shape index (κ1) is 23.1. The predicted octanol–water partition coefficient (Wildman–Crippen LogP) is 1.75. The molecule has 3 rings (SSSR count). The molecule has 0 aliphatic carbocycles. The van der Waals surface area contributed by atoms with Crippen molar-refractivity contribution in [3.8, 4) is 11.5 Å². The van der Waals surface area contributed by atoms with Gasteiger partial charge in [0.25, 0.3) is 5.91 Å². The molecule has 168 valence electrons. The maximum Gasteiger partial charge on any atom is 0.255 e. The molecule has 8 nitrogen and oxygen atoms in total. The fraction of sp³-hybridized carbons (Fsp3) is 0.409. The Morgan fingerprint density at radius 3 is 2.29 bits per heavy atom. The molecule has 31 heavy (non-hydrogen) atoms. The number of nitrogens with one attached hydrogen (secondary N) is 1. The molecule has 0 aromatic heterocycles. The first-order valence-electron chi connectivity index (χ1n) is 10.1. The van der Waals surface area contributed by atoms with E-state index in [2.05, 4.69) is 10.2 Å². The van der Waals surface area contributed by atoms with Gasteiger partial charge in [0.15, 0.2) is 0 Å². The Morgan fingerprint density at radius 1 is 1.00 bits per heavy atom. The van der Waals surface area contributed by atoms with Gasteiger partial charge in [-0.3, -0.25) is 9.69 Å². The molecule has 0 saturated carbocycles. The van der Waals surface area contributed by atoms with Crippen LogP contribution < -0.4 is 14.8 Å². The highest BCUT2D eigenvalue weighted by molar-refractivity contribution is 7.89. The summed E-state index contributed by atoms with van der Waals surface area (Å²) >= 11 is 0. The van der Waals surface area contributed by atoms with Crippen LogP contribution in [-0.4, -0.2) is 77.0 Å². The van der Waals surface area contributed by atoms with Crippen LogP contribution in [-0.2, 0) is 10.0 Å². The number of sulfonamides is 1. The highest BCUT2D eigenvalue weighted by atomic mass is 32.2. The van der Waals surface area contributed by atoms with Gasteiger partial charge in [-0.05, 0) is 31.2 Å². The van der Waals surface area contributed by atoms with E-state index in [1.807, 2.05) is 19.1 Å². The Balaban J connectivity index is 1.48. The molecule has 0 bridgehead atoms. The van der Waals surface area contributed by atoms with Gasteiger partial charge >= 0.3 is 0 Å². The van der Waals surface area contributed by atoms with Gasteiger partial charge in [0.2, 0.25) is 10.0 Å². The van der Waals surface area contributed by atoms with Gasteiger partial charge in [0.05, 0.1) is 24.7 Å². The maximum absolute atomic E-state index is 12.8. The fourth-order valence-corrected chi connectivity index (χ4v) is 4.88. The van der Waals surface area contributed by atoms with E-state index in [1.54, 1.807) is 37.4 Å². The molecule has 1 amide bonds. The van der Waals surface area contributed by atoms with Gasteiger partial charge in [0.1, 0.15) is 11.5 Å². The lowest BCUT2D eigenvalue weighted by Gasteiger charge is -2.34. The lowest BCUT2D eigenvalue weighted by Crippen LogP contribution is -2.50. The van der Waals surface area contributed by atoms with E-state index >= 15 is 0 Å². The zero-order valence-electron chi connectivity index (χ0n) is 18.1. The number of hydrogen-bond donors (Lipinski definition) is 1. The molecular weight excluding hydrogens is 418 g/mol. The molecule has 9 heteroatoms. The molecule has 1 aliphatic heterocycles. The summed E-state index contributed by atoms with van der Waals surface area (Å²) in [7, 11) is -0.407. The van der Waals surface area contributed by atoms with Crippen LogP contribution in [0.5, 0.6) is 11.5 Å². The van der Waals surface area contributed by atoms with Gasteiger partial charge in [-0.25, -0.2) is 8.42 Å². The van der Waals surface area contributed by atoms with E-state index in [0.29, 0.717) is 61.2 Å². The zero-order valence-corrected chi connectivity index (χ0v) is 18.9. The van der Waals surface area contributed by atoms with Gasteiger partial charge < -0.3 is 14.8 Å². The second-order valence-corrected chi connectivity index (χ2v) is 9.32. The average molecular weight is 448 g/mol. The molecule has 1 fully saturated rings. The normalized spacial score (nSPS) is 15.5. The average Bonchev–Trinajstić information content (AvgIpc) is 2.79. The zero-order chi connectivity index (χ0) is 22.4. The SMILES string of the molecule is COc1ccc(C(=O)NCCN2CCN(S(=O)(=O)c3ccc(C)cc3)CC2)c(OC)c1. The number of nitrogens with zero attached hydrogens (tertiary/aromatic N) is 2. The van der Waals surface area contributed by atoms with Crippen LogP contribution in [0.3, 0.4) is 0 Å². The van der Waals surface area contributed by atoms with Gasteiger partial charge in [0, 0.05) is 45.3 Å². The first-order valence-corrected chi connectivity index (χ1v) is 11.6. The highest BCUT2D eigenvalue weighted by Gasteiger charge is 2.28. The summed E-state index contributed by atoms with van der Waals surface area (Å²) in [6, 6.07) is 12.0. The Labute approximate surface area is 183 Å². The third-order valence-electron chi connectivity index (χ3n) is 5.36. The summed E-state index contributed by atoms with van der Waals surface area (Å²) < 4.78 is 37.6. The lowest BCUT2D eigenvalue weighted by atomic mass is 10.1. The molecule has 0 spiro atoms. The van der Waals surface area contributed by atoms with Crippen LogP contribution in [0.2, 0.25) is 0 Å². The Bertz CT molecular complexity index is 1000. The standard InChI is InChI=1S/C22H29N3O5S/c1-17-4-7-19(8-5-17)31(27,28)25-14-12-24(13-15-25)11-10-23-22(26)20-9-6-18(29-2)16-21(20)30-3/h4-9,16H,10-15H2,1-3H3,(H,23,26). The molecule has 0 atom stereocenters. The van der Waals surface area contributed by atoms with E-state index in [1.165, 1.54) is 11.4 Å². The van der Waals surface area contributed by atoms with Crippen LogP contribution in [0, 0.1) is 6.92 Å². The predicted molar refractivity (Wildman–Crippen MR) is 118 cm³/mol. The van der Waals surface area contributed by atoms with Crippen molar-refractivity contribution in [1.29, 1.82) is 0 Å². The van der Waals surface area contributed by atoms with Crippen LogP contribution in [0.15, 0.2) is 47.4 Å².